The summed E-state index contributed by atoms with van der Waals surface area (Å²) in [7, 11) is -4.24. The molecular weight excluding hydrogens is 453 g/mol. The molecular formula is C24H19ClFNO4S. The van der Waals surface area contributed by atoms with Crippen LogP contribution in [0.5, 0.6) is 0 Å². The second-order valence-electron chi connectivity index (χ2n) is 7.51. The molecule has 0 saturated heterocycles. The normalized spacial score (nSPS) is 16.7. The minimum absolute atomic E-state index is 0.0441. The molecule has 0 saturated carbocycles. The molecule has 8 heteroatoms. The number of aliphatic hydroxyl groups is 1. The predicted octanol–water partition coefficient (Wildman–Crippen LogP) is 5.11. The summed E-state index contributed by atoms with van der Waals surface area (Å²) in [5.74, 6) is -2.20. The summed E-state index contributed by atoms with van der Waals surface area (Å²) < 4.78 is 40.6. The summed E-state index contributed by atoms with van der Waals surface area (Å²) in [5.41, 5.74) is 1.79. The van der Waals surface area contributed by atoms with Crippen molar-refractivity contribution in [3.63, 3.8) is 0 Å². The fourth-order valence-electron chi connectivity index (χ4n) is 3.70. The summed E-state index contributed by atoms with van der Waals surface area (Å²) in [6, 6.07) is 17.0. The number of amides is 1. The summed E-state index contributed by atoms with van der Waals surface area (Å²) in [6.07, 6.45) is 0. The Morgan fingerprint density at radius 2 is 1.62 bits per heavy atom. The molecule has 1 aliphatic heterocycles. The number of sulfone groups is 1. The number of halogens is 2. The molecule has 0 radical (unpaired) electrons. The zero-order valence-electron chi connectivity index (χ0n) is 17.0. The van der Waals surface area contributed by atoms with E-state index >= 15 is 0 Å². The lowest BCUT2D eigenvalue weighted by atomic mass is 10.1. The number of rotatable bonds is 5. The maximum atomic E-state index is 13.6. The van der Waals surface area contributed by atoms with Crippen molar-refractivity contribution in [2.24, 2.45) is 0 Å². The standard InChI is InChI=1S/C24H19ClFNO4S/c1-15-6-12-19(13-7-15)32(30,31)23-21(16-8-10-18(26)11-9-16)27(24(29)22(23)28)14-17-4-2-3-5-20(17)25/h2-13,21,28H,14H2,1H3/t21-/m1/s1. The molecule has 0 spiro atoms. The van der Waals surface area contributed by atoms with Crippen LogP contribution in [0.15, 0.2) is 88.4 Å². The lowest BCUT2D eigenvalue weighted by Crippen LogP contribution is -2.30. The lowest BCUT2D eigenvalue weighted by molar-refractivity contribution is -0.130. The van der Waals surface area contributed by atoms with Crippen molar-refractivity contribution in [2.75, 3.05) is 0 Å². The first-order valence-corrected chi connectivity index (χ1v) is 11.6. The highest BCUT2D eigenvalue weighted by Gasteiger charge is 2.47. The SMILES string of the molecule is Cc1ccc(S(=O)(=O)C2=C(O)C(=O)N(Cc3ccccc3Cl)[C@@H]2c2ccc(F)cc2)cc1. The second-order valence-corrected chi connectivity index (χ2v) is 9.83. The molecule has 1 N–H and O–H groups in total. The van der Waals surface area contributed by atoms with E-state index in [0.717, 1.165) is 5.56 Å². The Hall–Kier alpha value is -3.16. The Morgan fingerprint density at radius 1 is 1.00 bits per heavy atom. The van der Waals surface area contributed by atoms with E-state index in [-0.39, 0.29) is 11.4 Å². The lowest BCUT2D eigenvalue weighted by Gasteiger charge is -2.27. The molecule has 0 aromatic heterocycles. The average molecular weight is 472 g/mol. The topological polar surface area (TPSA) is 74.7 Å². The van der Waals surface area contributed by atoms with Crippen molar-refractivity contribution >= 4 is 27.3 Å². The van der Waals surface area contributed by atoms with Gasteiger partial charge in [0.15, 0.2) is 5.76 Å². The summed E-state index contributed by atoms with van der Waals surface area (Å²) in [6.45, 7) is 1.77. The molecule has 32 heavy (non-hydrogen) atoms. The van der Waals surface area contributed by atoms with Crippen LogP contribution in [0.1, 0.15) is 22.7 Å². The van der Waals surface area contributed by atoms with Gasteiger partial charge in [-0.05, 0) is 48.4 Å². The quantitative estimate of drug-likeness (QED) is 0.560. The number of carbonyl (C=O) groups is 1. The molecule has 1 atom stereocenters. The number of carbonyl (C=O) groups excluding carboxylic acids is 1. The van der Waals surface area contributed by atoms with E-state index in [2.05, 4.69) is 0 Å². The Balaban J connectivity index is 1.87. The highest BCUT2D eigenvalue weighted by molar-refractivity contribution is 7.95. The van der Waals surface area contributed by atoms with Crippen molar-refractivity contribution in [3.05, 3.63) is 111 Å². The van der Waals surface area contributed by atoms with Gasteiger partial charge in [0.1, 0.15) is 10.7 Å². The first kappa shape index (κ1) is 22.0. The van der Waals surface area contributed by atoms with Gasteiger partial charge >= 0.3 is 0 Å². The highest BCUT2D eigenvalue weighted by Crippen LogP contribution is 2.43. The molecule has 5 nitrogen and oxygen atoms in total. The van der Waals surface area contributed by atoms with E-state index in [4.69, 9.17) is 11.6 Å². The van der Waals surface area contributed by atoms with E-state index in [0.29, 0.717) is 16.1 Å². The third kappa shape index (κ3) is 3.89. The maximum absolute atomic E-state index is 13.6. The van der Waals surface area contributed by atoms with Gasteiger partial charge < -0.3 is 10.0 Å². The molecule has 0 fully saturated rings. The number of aryl methyl sites for hydroxylation is 1. The molecule has 3 aromatic rings. The monoisotopic (exact) mass is 471 g/mol. The van der Waals surface area contributed by atoms with Crippen molar-refractivity contribution < 1.29 is 22.7 Å². The van der Waals surface area contributed by atoms with Gasteiger partial charge in [-0.2, -0.15) is 0 Å². The van der Waals surface area contributed by atoms with Gasteiger partial charge in [0.2, 0.25) is 9.84 Å². The molecule has 0 unspecified atom stereocenters. The smallest absolute Gasteiger partial charge is 0.290 e. The van der Waals surface area contributed by atoms with E-state index < -0.39 is 38.3 Å². The molecule has 1 aliphatic rings. The fourth-order valence-corrected chi connectivity index (χ4v) is 5.54. The minimum atomic E-state index is -4.24. The van der Waals surface area contributed by atoms with Crippen LogP contribution in [0.25, 0.3) is 0 Å². The van der Waals surface area contributed by atoms with Gasteiger partial charge in [0.05, 0.1) is 10.9 Å². The molecule has 0 aliphatic carbocycles. The van der Waals surface area contributed by atoms with Crippen LogP contribution in [-0.4, -0.2) is 24.3 Å². The first-order valence-electron chi connectivity index (χ1n) is 9.75. The van der Waals surface area contributed by atoms with Crippen molar-refractivity contribution in [2.45, 2.75) is 24.4 Å². The van der Waals surface area contributed by atoms with Crippen LogP contribution in [0.2, 0.25) is 5.02 Å². The van der Waals surface area contributed by atoms with Crippen LogP contribution >= 0.6 is 11.6 Å². The van der Waals surface area contributed by atoms with E-state index in [1.807, 2.05) is 6.92 Å². The van der Waals surface area contributed by atoms with Gasteiger partial charge in [-0.15, -0.1) is 0 Å². The van der Waals surface area contributed by atoms with Crippen molar-refractivity contribution in [1.82, 2.24) is 4.90 Å². The van der Waals surface area contributed by atoms with Crippen LogP contribution < -0.4 is 0 Å². The Morgan fingerprint density at radius 3 is 2.25 bits per heavy atom. The fraction of sp³-hybridized carbons (Fsp3) is 0.125. The molecule has 0 bridgehead atoms. The Kier molecular flexibility index (Phi) is 5.79. The maximum Gasteiger partial charge on any atom is 0.290 e. The third-order valence-corrected chi connectivity index (χ3v) is 7.62. The third-order valence-electron chi connectivity index (χ3n) is 5.36. The Labute approximate surface area is 190 Å². The summed E-state index contributed by atoms with van der Waals surface area (Å²) in [4.78, 5) is 13.8. The van der Waals surface area contributed by atoms with E-state index in [1.54, 1.807) is 36.4 Å². The predicted molar refractivity (Wildman–Crippen MR) is 119 cm³/mol. The number of nitrogens with zero attached hydrogens (tertiary/aromatic N) is 1. The van der Waals surface area contributed by atoms with Crippen molar-refractivity contribution in [1.29, 1.82) is 0 Å². The molecule has 1 heterocycles. The number of hydrogen-bond acceptors (Lipinski definition) is 4. The largest absolute Gasteiger partial charge is 0.502 e. The number of hydrogen-bond donors (Lipinski definition) is 1. The molecule has 3 aromatic carbocycles. The highest BCUT2D eigenvalue weighted by atomic mass is 35.5. The summed E-state index contributed by atoms with van der Waals surface area (Å²) in [5, 5.41) is 11.1. The van der Waals surface area contributed by atoms with Crippen LogP contribution in [-0.2, 0) is 21.2 Å². The summed E-state index contributed by atoms with van der Waals surface area (Å²) >= 11 is 6.26. The van der Waals surface area contributed by atoms with Gasteiger partial charge in [-0.3, -0.25) is 4.79 Å². The van der Waals surface area contributed by atoms with Crippen molar-refractivity contribution in [3.8, 4) is 0 Å². The van der Waals surface area contributed by atoms with Gasteiger partial charge in [0.25, 0.3) is 5.91 Å². The van der Waals surface area contributed by atoms with E-state index in [9.17, 15) is 22.7 Å². The van der Waals surface area contributed by atoms with Crippen LogP contribution in [0.3, 0.4) is 0 Å². The van der Waals surface area contributed by atoms with E-state index in [1.165, 1.54) is 41.3 Å². The zero-order valence-corrected chi connectivity index (χ0v) is 18.6. The Bertz CT molecular complexity index is 1320. The minimum Gasteiger partial charge on any atom is -0.502 e. The van der Waals surface area contributed by atoms with Gasteiger partial charge in [0, 0.05) is 11.6 Å². The molecule has 164 valence electrons. The first-order chi connectivity index (χ1) is 15.2. The van der Waals surface area contributed by atoms with Crippen LogP contribution in [0, 0.1) is 12.7 Å². The van der Waals surface area contributed by atoms with Gasteiger partial charge in [-0.25, -0.2) is 12.8 Å². The van der Waals surface area contributed by atoms with Gasteiger partial charge in [-0.1, -0.05) is 59.6 Å². The van der Waals surface area contributed by atoms with Crippen LogP contribution in [0.4, 0.5) is 4.39 Å². The molecule has 4 rings (SSSR count). The second kappa shape index (κ2) is 8.41. The number of aliphatic hydroxyl groups excluding tert-OH is 1. The number of benzene rings is 3. The average Bonchev–Trinajstić information content (AvgIpc) is 3.02. The molecule has 1 amide bonds. The zero-order chi connectivity index (χ0) is 23.0.